The molecule has 6 rings (SSSR count). The Morgan fingerprint density at radius 2 is 1.89 bits per heavy atom. The number of esters is 1. The maximum atomic E-state index is 14.1. The number of hydrogen-bond acceptors (Lipinski definition) is 5. The summed E-state index contributed by atoms with van der Waals surface area (Å²) in [5.74, 6) is 0.683. The Kier molecular flexibility index (Phi) is 9.44. The van der Waals surface area contributed by atoms with Gasteiger partial charge in [-0.05, 0) is 113 Å². The summed E-state index contributed by atoms with van der Waals surface area (Å²) in [6, 6.07) is 20.3. The van der Waals surface area contributed by atoms with Crippen LogP contribution in [0, 0.1) is 18.8 Å². The van der Waals surface area contributed by atoms with Gasteiger partial charge in [0.1, 0.15) is 11.4 Å². The van der Waals surface area contributed by atoms with Crippen molar-refractivity contribution in [1.29, 1.82) is 0 Å². The van der Waals surface area contributed by atoms with Crippen molar-refractivity contribution in [2.75, 3.05) is 31.1 Å². The molecular weight excluding hydrogens is 608 g/mol. The van der Waals surface area contributed by atoms with Crippen LogP contribution in [0.3, 0.4) is 0 Å². The fourth-order valence-corrected chi connectivity index (χ4v) is 7.71. The lowest BCUT2D eigenvalue weighted by molar-refractivity contribution is -0.141. The summed E-state index contributed by atoms with van der Waals surface area (Å²) in [6.07, 6.45) is 6.68. The molecular formula is C40H47ClN2O4. The summed E-state index contributed by atoms with van der Waals surface area (Å²) in [5, 5.41) is 0.753. The van der Waals surface area contributed by atoms with E-state index in [-0.39, 0.29) is 29.1 Å². The maximum Gasteiger partial charge on any atom is 0.338 e. The molecule has 7 heteroatoms. The van der Waals surface area contributed by atoms with Crippen LogP contribution in [0.25, 0.3) is 0 Å². The second-order valence-corrected chi connectivity index (χ2v) is 15.2. The molecule has 0 aromatic heterocycles. The molecule has 1 aliphatic heterocycles. The van der Waals surface area contributed by atoms with Gasteiger partial charge in [0.2, 0.25) is 5.91 Å². The molecule has 0 saturated heterocycles. The van der Waals surface area contributed by atoms with Gasteiger partial charge in [0.15, 0.2) is 0 Å². The van der Waals surface area contributed by atoms with E-state index in [0.717, 1.165) is 60.7 Å². The highest BCUT2D eigenvalue weighted by Gasteiger charge is 2.45. The third-order valence-electron chi connectivity index (χ3n) is 10.0. The Bertz CT molecular complexity index is 1640. The Labute approximate surface area is 284 Å². The molecule has 2 aliphatic carbocycles. The van der Waals surface area contributed by atoms with Gasteiger partial charge in [-0.15, -0.1) is 6.58 Å². The van der Waals surface area contributed by atoms with Crippen LogP contribution in [0.15, 0.2) is 73.3 Å². The zero-order valence-electron chi connectivity index (χ0n) is 28.2. The number of halogens is 1. The summed E-state index contributed by atoms with van der Waals surface area (Å²) in [4.78, 5) is 31.6. The maximum absolute atomic E-state index is 14.1. The molecule has 3 atom stereocenters. The molecule has 1 saturated carbocycles. The number of benzene rings is 3. The monoisotopic (exact) mass is 654 g/mol. The highest BCUT2D eigenvalue weighted by molar-refractivity contribution is 6.30. The van der Waals surface area contributed by atoms with Gasteiger partial charge in [0.05, 0.1) is 17.9 Å². The van der Waals surface area contributed by atoms with Gasteiger partial charge in [0, 0.05) is 42.5 Å². The number of hydrogen-bond donors (Lipinski definition) is 0. The first-order chi connectivity index (χ1) is 22.4. The highest BCUT2D eigenvalue weighted by atomic mass is 35.5. The zero-order valence-corrected chi connectivity index (χ0v) is 28.9. The number of amides is 1. The first-order valence-corrected chi connectivity index (χ1v) is 17.3. The van der Waals surface area contributed by atoms with E-state index in [0.29, 0.717) is 31.8 Å². The van der Waals surface area contributed by atoms with Gasteiger partial charge in [-0.2, -0.15) is 0 Å². The molecule has 0 radical (unpaired) electrons. The van der Waals surface area contributed by atoms with Crippen molar-refractivity contribution in [2.24, 2.45) is 11.8 Å². The number of carbonyl (C=O) groups excluding carboxylic acids is 2. The van der Waals surface area contributed by atoms with Crippen molar-refractivity contribution in [1.82, 2.24) is 4.90 Å². The number of ether oxygens (including phenoxy) is 2. The molecule has 0 unspecified atom stereocenters. The Balaban J connectivity index is 1.31. The lowest BCUT2D eigenvalue weighted by atomic mass is 9.69. The van der Waals surface area contributed by atoms with E-state index in [4.69, 9.17) is 21.1 Å². The van der Waals surface area contributed by atoms with Crippen molar-refractivity contribution in [3.05, 3.63) is 106 Å². The summed E-state index contributed by atoms with van der Waals surface area (Å²) >= 11 is 6.45. The molecule has 1 heterocycles. The average molecular weight is 655 g/mol. The number of anilines is 1. The van der Waals surface area contributed by atoms with Crippen LogP contribution in [0.4, 0.5) is 5.69 Å². The molecule has 0 N–H and O–H groups in total. The lowest BCUT2D eigenvalue weighted by Gasteiger charge is -2.45. The fraction of sp³-hybridized carbons (Fsp3) is 0.450. The number of aryl methyl sites for hydroxylation is 2. The van der Waals surface area contributed by atoms with Crippen LogP contribution in [0.1, 0.15) is 79.1 Å². The third-order valence-corrected chi connectivity index (χ3v) is 10.3. The van der Waals surface area contributed by atoms with Gasteiger partial charge >= 0.3 is 5.97 Å². The SMILES string of the molecule is C=CCN(Cc1ccc(C)cc1)C(=O)[C@@H]1CC[C@H]1CN1C[C@@]2(CCCc3cc(Cl)ccc32)COc2ccc(C(=O)OC(C)(C)C)cc21. The van der Waals surface area contributed by atoms with Crippen LogP contribution in [0.2, 0.25) is 5.02 Å². The van der Waals surface area contributed by atoms with Crippen molar-refractivity contribution in [2.45, 2.75) is 77.4 Å². The minimum absolute atomic E-state index is 0.0737. The lowest BCUT2D eigenvalue weighted by Crippen LogP contribution is -2.51. The van der Waals surface area contributed by atoms with Crippen LogP contribution in [-0.4, -0.2) is 48.6 Å². The number of carbonyl (C=O) groups is 2. The quantitative estimate of drug-likeness (QED) is 0.181. The number of nitrogens with zero attached hydrogens (tertiary/aromatic N) is 2. The van der Waals surface area contributed by atoms with Crippen LogP contribution in [-0.2, 0) is 27.9 Å². The normalized spacial score (nSPS) is 21.9. The minimum atomic E-state index is -0.605. The van der Waals surface area contributed by atoms with Crippen molar-refractivity contribution >= 4 is 29.2 Å². The molecule has 6 nitrogen and oxygen atoms in total. The largest absolute Gasteiger partial charge is 0.490 e. The predicted molar refractivity (Wildman–Crippen MR) is 188 cm³/mol. The predicted octanol–water partition coefficient (Wildman–Crippen LogP) is 8.32. The van der Waals surface area contributed by atoms with Gasteiger partial charge in [-0.1, -0.05) is 53.6 Å². The van der Waals surface area contributed by atoms with Crippen LogP contribution in [0.5, 0.6) is 5.75 Å². The van der Waals surface area contributed by atoms with Crippen molar-refractivity contribution < 1.29 is 19.1 Å². The fourth-order valence-electron chi connectivity index (χ4n) is 7.51. The molecule has 1 amide bonds. The molecule has 248 valence electrons. The second-order valence-electron chi connectivity index (χ2n) is 14.7. The molecule has 1 spiro atoms. The summed E-state index contributed by atoms with van der Waals surface area (Å²) < 4.78 is 12.4. The Hall–Kier alpha value is -3.77. The molecule has 3 aromatic rings. The van der Waals surface area contributed by atoms with Gasteiger partial charge in [-0.3, -0.25) is 4.79 Å². The number of fused-ring (bicyclic) bond motifs is 3. The Morgan fingerprint density at radius 1 is 1.11 bits per heavy atom. The standard InChI is InChI=1S/C40H47ClN2O4/c1-6-20-42(23-28-11-9-27(2)10-12-28)37(44)33-16-13-31(33)24-43-25-40(19-7-8-29-21-32(41)15-17-34(29)40)26-46-36-18-14-30(22-35(36)43)38(45)47-39(3,4)5/h6,9-12,14-15,17-18,21-22,31,33H,1,7-8,13,16,19-20,23-26H2,2-5H3/t31-,33+,40-/m0/s1. The number of rotatable bonds is 8. The van der Waals surface area contributed by atoms with E-state index in [9.17, 15) is 9.59 Å². The topological polar surface area (TPSA) is 59.1 Å². The summed E-state index contributed by atoms with van der Waals surface area (Å²) in [7, 11) is 0. The summed E-state index contributed by atoms with van der Waals surface area (Å²) in [5.41, 5.74) is 5.41. The second kappa shape index (κ2) is 13.4. The third kappa shape index (κ3) is 7.23. The zero-order chi connectivity index (χ0) is 33.3. The Morgan fingerprint density at radius 3 is 2.60 bits per heavy atom. The molecule has 0 bridgehead atoms. The van der Waals surface area contributed by atoms with Gasteiger partial charge in [0.25, 0.3) is 0 Å². The van der Waals surface area contributed by atoms with E-state index < -0.39 is 5.60 Å². The van der Waals surface area contributed by atoms with Crippen LogP contribution < -0.4 is 9.64 Å². The first kappa shape index (κ1) is 33.1. The van der Waals surface area contributed by atoms with Crippen molar-refractivity contribution in [3.8, 4) is 5.75 Å². The highest BCUT2D eigenvalue weighted by Crippen LogP contribution is 2.46. The van der Waals surface area contributed by atoms with E-state index in [2.05, 4.69) is 54.8 Å². The van der Waals surface area contributed by atoms with Crippen LogP contribution >= 0.6 is 11.6 Å². The molecule has 3 aromatic carbocycles. The van der Waals surface area contributed by atoms with E-state index >= 15 is 0 Å². The van der Waals surface area contributed by atoms with E-state index in [1.807, 2.05) is 49.9 Å². The molecule has 3 aliphatic rings. The summed E-state index contributed by atoms with van der Waals surface area (Å²) in [6.45, 7) is 14.7. The molecule has 47 heavy (non-hydrogen) atoms. The molecule has 1 fully saturated rings. The smallest absolute Gasteiger partial charge is 0.338 e. The van der Waals surface area contributed by atoms with E-state index in [1.54, 1.807) is 6.07 Å². The minimum Gasteiger partial charge on any atom is -0.490 e. The van der Waals surface area contributed by atoms with Gasteiger partial charge in [-0.25, -0.2) is 4.79 Å². The van der Waals surface area contributed by atoms with Crippen molar-refractivity contribution in [3.63, 3.8) is 0 Å². The van der Waals surface area contributed by atoms with E-state index in [1.165, 1.54) is 16.7 Å². The first-order valence-electron chi connectivity index (χ1n) is 16.9. The average Bonchev–Trinajstić information content (AvgIpc) is 3.16. The van der Waals surface area contributed by atoms with Gasteiger partial charge < -0.3 is 19.3 Å².